The summed E-state index contributed by atoms with van der Waals surface area (Å²) in [6, 6.07) is 3.46. The fourth-order valence-electron chi connectivity index (χ4n) is 3.85. The highest BCUT2D eigenvalue weighted by molar-refractivity contribution is 8.00. The van der Waals surface area contributed by atoms with Crippen LogP contribution >= 0.6 is 11.8 Å². The molecule has 0 unspecified atom stereocenters. The van der Waals surface area contributed by atoms with Crippen molar-refractivity contribution in [2.75, 3.05) is 26.3 Å². The number of nitrogens with one attached hydrogen (secondary N) is 1. The lowest BCUT2D eigenvalue weighted by Crippen LogP contribution is -2.46. The van der Waals surface area contributed by atoms with Crippen molar-refractivity contribution in [1.82, 2.24) is 14.6 Å². The standard InChI is InChI=1S/C20H31N3O4S2/c1-14-5-4-6-18(15(14)2)22-20(24)16(3)28-19-8-7-17(13-21-19)29(25,26)23-9-11-27-12-10-23/h7-8,13-16,18H,4-6,9-12H2,1-3H3,(H,22,24)/t14-,15+,16+,18-/m1/s1. The van der Waals surface area contributed by atoms with E-state index in [9.17, 15) is 13.2 Å². The number of morpholine rings is 1. The maximum Gasteiger partial charge on any atom is 0.244 e. The number of rotatable bonds is 6. The van der Waals surface area contributed by atoms with Gasteiger partial charge in [0.2, 0.25) is 15.9 Å². The Morgan fingerprint density at radius 3 is 2.66 bits per heavy atom. The molecule has 9 heteroatoms. The average Bonchev–Trinajstić information content (AvgIpc) is 2.72. The molecule has 1 aromatic rings. The number of ether oxygens (including phenoxy) is 1. The largest absolute Gasteiger partial charge is 0.379 e. The summed E-state index contributed by atoms with van der Waals surface area (Å²) in [5, 5.41) is 3.54. The highest BCUT2D eigenvalue weighted by Gasteiger charge is 2.30. The highest BCUT2D eigenvalue weighted by Crippen LogP contribution is 2.30. The third-order valence-electron chi connectivity index (χ3n) is 6.02. The van der Waals surface area contributed by atoms with Crippen LogP contribution in [0.5, 0.6) is 0 Å². The van der Waals surface area contributed by atoms with Crippen molar-refractivity contribution in [3.63, 3.8) is 0 Å². The maximum atomic E-state index is 12.7. The van der Waals surface area contributed by atoms with Gasteiger partial charge in [0.1, 0.15) is 4.90 Å². The molecule has 2 heterocycles. The molecule has 3 rings (SSSR count). The normalized spacial score (nSPS) is 27.3. The third-order valence-corrected chi connectivity index (χ3v) is 8.95. The predicted molar refractivity (Wildman–Crippen MR) is 113 cm³/mol. The topological polar surface area (TPSA) is 88.6 Å². The van der Waals surface area contributed by atoms with E-state index in [0.717, 1.165) is 12.8 Å². The average molecular weight is 442 g/mol. The number of hydrogen-bond acceptors (Lipinski definition) is 6. The molecule has 1 amide bonds. The van der Waals surface area contributed by atoms with Gasteiger partial charge in [0.15, 0.2) is 0 Å². The number of carbonyl (C=O) groups is 1. The molecule has 1 N–H and O–H groups in total. The molecule has 1 saturated heterocycles. The lowest BCUT2D eigenvalue weighted by atomic mass is 9.78. The molecule has 0 radical (unpaired) electrons. The highest BCUT2D eigenvalue weighted by atomic mass is 32.2. The second kappa shape index (κ2) is 9.76. The second-order valence-corrected chi connectivity index (χ2v) is 11.3. The zero-order valence-corrected chi connectivity index (χ0v) is 19.0. The molecule has 0 bridgehead atoms. The van der Waals surface area contributed by atoms with Gasteiger partial charge in [0, 0.05) is 25.3 Å². The molecule has 1 aromatic heterocycles. The SMILES string of the molecule is C[C@H]1[C@H](C)CCC[C@H]1NC(=O)[C@H](C)Sc1ccc(S(=O)(=O)N2CCOCC2)cn1. The van der Waals surface area contributed by atoms with E-state index in [1.165, 1.54) is 28.7 Å². The first-order chi connectivity index (χ1) is 13.8. The third kappa shape index (κ3) is 5.51. The summed E-state index contributed by atoms with van der Waals surface area (Å²) in [4.78, 5) is 17.1. The molecule has 29 heavy (non-hydrogen) atoms. The molecule has 2 aliphatic rings. The quantitative estimate of drug-likeness (QED) is 0.683. The molecular formula is C20H31N3O4S2. The summed E-state index contributed by atoms with van der Waals surface area (Å²) in [6.07, 6.45) is 4.78. The molecule has 4 atom stereocenters. The second-order valence-electron chi connectivity index (χ2n) is 7.99. The van der Waals surface area contributed by atoms with E-state index in [0.29, 0.717) is 43.2 Å². The lowest BCUT2D eigenvalue weighted by Gasteiger charge is -2.35. The fraction of sp³-hybridized carbons (Fsp3) is 0.700. The van der Waals surface area contributed by atoms with E-state index in [-0.39, 0.29) is 22.1 Å². The number of hydrogen-bond donors (Lipinski definition) is 1. The number of thioether (sulfide) groups is 1. The van der Waals surface area contributed by atoms with Crippen LogP contribution in [0.25, 0.3) is 0 Å². The van der Waals surface area contributed by atoms with Crippen molar-refractivity contribution in [3.8, 4) is 0 Å². The number of amides is 1. The Hall–Kier alpha value is -1.16. The first-order valence-corrected chi connectivity index (χ1v) is 12.6. The van der Waals surface area contributed by atoms with E-state index >= 15 is 0 Å². The Balaban J connectivity index is 1.58. The van der Waals surface area contributed by atoms with Crippen LogP contribution in [0.4, 0.5) is 0 Å². The minimum atomic E-state index is -3.55. The van der Waals surface area contributed by atoms with Crippen molar-refractivity contribution in [2.45, 2.75) is 61.2 Å². The Kier molecular flexibility index (Phi) is 7.58. The minimum Gasteiger partial charge on any atom is -0.379 e. The summed E-state index contributed by atoms with van der Waals surface area (Å²) in [5.74, 6) is 1.11. The summed E-state index contributed by atoms with van der Waals surface area (Å²) in [5.41, 5.74) is 0. The monoisotopic (exact) mass is 441 g/mol. The van der Waals surface area contributed by atoms with Crippen LogP contribution in [0.2, 0.25) is 0 Å². The van der Waals surface area contributed by atoms with Gasteiger partial charge in [-0.15, -0.1) is 0 Å². The number of sulfonamides is 1. The van der Waals surface area contributed by atoms with Gasteiger partial charge in [0.25, 0.3) is 0 Å². The van der Waals surface area contributed by atoms with E-state index in [4.69, 9.17) is 4.74 Å². The van der Waals surface area contributed by atoms with Crippen LogP contribution in [-0.2, 0) is 19.6 Å². The zero-order valence-electron chi connectivity index (χ0n) is 17.3. The van der Waals surface area contributed by atoms with E-state index in [1.807, 2.05) is 6.92 Å². The number of nitrogens with zero attached hydrogens (tertiary/aromatic N) is 2. The van der Waals surface area contributed by atoms with Gasteiger partial charge in [0.05, 0.1) is 23.5 Å². The van der Waals surface area contributed by atoms with Crippen molar-refractivity contribution in [2.24, 2.45) is 11.8 Å². The molecular weight excluding hydrogens is 410 g/mol. The molecule has 7 nitrogen and oxygen atoms in total. The van der Waals surface area contributed by atoms with Gasteiger partial charge in [-0.25, -0.2) is 13.4 Å². The summed E-state index contributed by atoms with van der Waals surface area (Å²) < 4.78 is 32.0. The van der Waals surface area contributed by atoms with E-state index < -0.39 is 10.0 Å². The van der Waals surface area contributed by atoms with E-state index in [1.54, 1.807) is 12.1 Å². The van der Waals surface area contributed by atoms with Crippen molar-refractivity contribution in [3.05, 3.63) is 18.3 Å². The lowest BCUT2D eigenvalue weighted by molar-refractivity contribution is -0.121. The van der Waals surface area contributed by atoms with Crippen LogP contribution in [0, 0.1) is 11.8 Å². The summed E-state index contributed by atoms with van der Waals surface area (Å²) in [7, 11) is -3.55. The number of pyridine rings is 1. The van der Waals surface area contributed by atoms with Crippen LogP contribution in [0.1, 0.15) is 40.0 Å². The van der Waals surface area contributed by atoms with Gasteiger partial charge in [-0.2, -0.15) is 4.31 Å². The molecule has 0 spiro atoms. The van der Waals surface area contributed by atoms with Crippen LogP contribution in [0.3, 0.4) is 0 Å². The Bertz CT molecular complexity index is 794. The maximum absolute atomic E-state index is 12.7. The Morgan fingerprint density at radius 2 is 2.00 bits per heavy atom. The van der Waals surface area contributed by atoms with Crippen molar-refractivity contribution >= 4 is 27.7 Å². The first-order valence-electron chi connectivity index (χ1n) is 10.3. The summed E-state index contributed by atoms with van der Waals surface area (Å²) >= 11 is 1.35. The molecule has 1 aliphatic carbocycles. The summed E-state index contributed by atoms with van der Waals surface area (Å²) in [6.45, 7) is 7.84. The molecule has 1 aliphatic heterocycles. The smallest absolute Gasteiger partial charge is 0.244 e. The predicted octanol–water partition coefficient (Wildman–Crippen LogP) is 2.52. The number of carbonyl (C=O) groups excluding carboxylic acids is 1. The van der Waals surface area contributed by atoms with Gasteiger partial charge in [-0.3, -0.25) is 4.79 Å². The van der Waals surface area contributed by atoms with Crippen LogP contribution in [0.15, 0.2) is 28.3 Å². The first kappa shape index (κ1) is 22.5. The molecule has 162 valence electrons. The van der Waals surface area contributed by atoms with Gasteiger partial charge >= 0.3 is 0 Å². The van der Waals surface area contributed by atoms with Gasteiger partial charge < -0.3 is 10.1 Å². The van der Waals surface area contributed by atoms with Crippen LogP contribution < -0.4 is 5.32 Å². The zero-order chi connectivity index (χ0) is 21.0. The van der Waals surface area contributed by atoms with E-state index in [2.05, 4.69) is 24.1 Å². The van der Waals surface area contributed by atoms with Crippen molar-refractivity contribution in [1.29, 1.82) is 0 Å². The molecule has 0 aromatic carbocycles. The number of aromatic nitrogens is 1. The Labute approximate surface area is 178 Å². The minimum absolute atomic E-state index is 0.00719. The van der Waals surface area contributed by atoms with Crippen LogP contribution in [-0.4, -0.2) is 61.2 Å². The fourth-order valence-corrected chi connectivity index (χ4v) is 6.00. The molecule has 1 saturated carbocycles. The van der Waals surface area contributed by atoms with Gasteiger partial charge in [-0.1, -0.05) is 38.5 Å². The van der Waals surface area contributed by atoms with Gasteiger partial charge in [-0.05, 0) is 37.3 Å². The van der Waals surface area contributed by atoms with Crippen molar-refractivity contribution < 1.29 is 17.9 Å². The Morgan fingerprint density at radius 1 is 1.28 bits per heavy atom. The molecule has 2 fully saturated rings.